The van der Waals surface area contributed by atoms with Gasteiger partial charge in [0.05, 0.1) is 6.61 Å². The number of benzene rings is 1. The molecule has 2 rings (SSSR count). The van der Waals surface area contributed by atoms with Crippen LogP contribution in [0.1, 0.15) is 36.3 Å². The molecule has 1 aliphatic rings. The number of hydrogen-bond donors (Lipinski definition) is 1. The number of carbonyl (C=O) groups is 1. The van der Waals surface area contributed by atoms with Gasteiger partial charge in [0.2, 0.25) is 0 Å². The number of fused-ring (bicyclic) bond motifs is 1. The minimum atomic E-state index is -0.685. The number of primary amides is 1. The Morgan fingerprint density at radius 1 is 1.53 bits per heavy atom. The zero-order valence-corrected chi connectivity index (χ0v) is 11.2. The minimum Gasteiger partial charge on any atom is -0.450 e. The SMILES string of the molecule is NC(=O)OCCC1CCCc2c(Br)cccc21. The minimum absolute atomic E-state index is 0.409. The molecule has 1 atom stereocenters. The van der Waals surface area contributed by atoms with Crippen LogP contribution in [0, 0.1) is 0 Å². The van der Waals surface area contributed by atoms with Crippen LogP contribution >= 0.6 is 15.9 Å². The summed E-state index contributed by atoms with van der Waals surface area (Å²) in [6.45, 7) is 0.409. The molecule has 0 bridgehead atoms. The van der Waals surface area contributed by atoms with Crippen molar-refractivity contribution in [1.29, 1.82) is 0 Å². The van der Waals surface area contributed by atoms with Crippen molar-refractivity contribution in [1.82, 2.24) is 0 Å². The van der Waals surface area contributed by atoms with E-state index in [-0.39, 0.29) is 0 Å². The lowest BCUT2D eigenvalue weighted by molar-refractivity contribution is 0.151. The standard InChI is InChI=1S/C13H16BrNO2/c14-12-6-2-4-10-9(3-1-5-11(10)12)7-8-17-13(15)16/h2,4,6,9H,1,3,5,7-8H2,(H2,15,16). The topological polar surface area (TPSA) is 52.3 Å². The van der Waals surface area contributed by atoms with E-state index in [9.17, 15) is 4.79 Å². The number of nitrogens with two attached hydrogens (primary N) is 1. The van der Waals surface area contributed by atoms with Gasteiger partial charge in [0.15, 0.2) is 0 Å². The number of amides is 1. The van der Waals surface area contributed by atoms with Crippen LogP contribution in [0.3, 0.4) is 0 Å². The number of rotatable bonds is 3. The van der Waals surface area contributed by atoms with Gasteiger partial charge in [0.25, 0.3) is 0 Å². The van der Waals surface area contributed by atoms with Gasteiger partial charge in [0.1, 0.15) is 0 Å². The van der Waals surface area contributed by atoms with E-state index in [4.69, 9.17) is 10.5 Å². The molecule has 0 heterocycles. The molecule has 3 nitrogen and oxygen atoms in total. The summed E-state index contributed by atoms with van der Waals surface area (Å²) in [5.41, 5.74) is 7.75. The molecule has 2 N–H and O–H groups in total. The van der Waals surface area contributed by atoms with Gasteiger partial charge in [0, 0.05) is 4.47 Å². The molecule has 1 aliphatic carbocycles. The lowest BCUT2D eigenvalue weighted by Crippen LogP contribution is -2.17. The van der Waals surface area contributed by atoms with Crippen molar-refractivity contribution in [2.24, 2.45) is 5.73 Å². The Hall–Kier alpha value is -1.03. The Bertz CT molecular complexity index is 420. The Morgan fingerprint density at radius 2 is 2.35 bits per heavy atom. The van der Waals surface area contributed by atoms with E-state index in [1.807, 2.05) is 0 Å². The summed E-state index contributed by atoms with van der Waals surface area (Å²) < 4.78 is 6.01. The lowest BCUT2D eigenvalue weighted by atomic mass is 9.81. The van der Waals surface area contributed by atoms with Crippen molar-refractivity contribution in [2.45, 2.75) is 31.6 Å². The molecule has 0 radical (unpaired) electrons. The fourth-order valence-electron chi connectivity index (χ4n) is 2.50. The third-order valence-corrected chi connectivity index (χ3v) is 4.03. The van der Waals surface area contributed by atoms with Crippen molar-refractivity contribution in [3.63, 3.8) is 0 Å². The molecule has 4 heteroatoms. The van der Waals surface area contributed by atoms with Gasteiger partial charge in [-0.05, 0) is 48.8 Å². The Kier molecular flexibility index (Phi) is 4.05. The predicted octanol–water partition coefficient (Wildman–Crippen LogP) is 3.35. The van der Waals surface area contributed by atoms with Crippen LogP contribution in [0.5, 0.6) is 0 Å². The van der Waals surface area contributed by atoms with Gasteiger partial charge in [-0.2, -0.15) is 0 Å². The molecular weight excluding hydrogens is 282 g/mol. The summed E-state index contributed by atoms with van der Waals surface area (Å²) in [6.07, 6.45) is 3.65. The van der Waals surface area contributed by atoms with E-state index < -0.39 is 6.09 Å². The Labute approximate surface area is 109 Å². The first-order valence-corrected chi connectivity index (χ1v) is 6.67. The third kappa shape index (κ3) is 3.00. The van der Waals surface area contributed by atoms with E-state index in [1.54, 1.807) is 0 Å². The second-order valence-electron chi connectivity index (χ2n) is 4.35. The van der Waals surface area contributed by atoms with Gasteiger partial charge < -0.3 is 10.5 Å². The second kappa shape index (κ2) is 5.54. The molecular formula is C13H16BrNO2. The van der Waals surface area contributed by atoms with Gasteiger partial charge in [-0.15, -0.1) is 0 Å². The highest BCUT2D eigenvalue weighted by Crippen LogP contribution is 2.37. The predicted molar refractivity (Wildman–Crippen MR) is 70.0 cm³/mol. The molecule has 1 aromatic rings. The number of carbonyl (C=O) groups excluding carboxylic acids is 1. The normalized spacial score (nSPS) is 18.5. The number of halogens is 1. The van der Waals surface area contributed by atoms with Crippen molar-refractivity contribution in [3.05, 3.63) is 33.8 Å². The molecule has 1 amide bonds. The van der Waals surface area contributed by atoms with Gasteiger partial charge in [-0.25, -0.2) is 4.79 Å². The summed E-state index contributed by atoms with van der Waals surface area (Å²) in [6, 6.07) is 6.32. The summed E-state index contributed by atoms with van der Waals surface area (Å²) >= 11 is 3.60. The summed E-state index contributed by atoms with van der Waals surface area (Å²) in [5, 5.41) is 0. The Morgan fingerprint density at radius 3 is 3.12 bits per heavy atom. The molecule has 92 valence electrons. The first-order valence-electron chi connectivity index (χ1n) is 5.88. The summed E-state index contributed by atoms with van der Waals surface area (Å²) in [4.78, 5) is 10.5. The first kappa shape index (κ1) is 12.4. The first-order chi connectivity index (χ1) is 8.18. The van der Waals surface area contributed by atoms with Crippen LogP contribution in [0.25, 0.3) is 0 Å². The molecule has 0 aromatic heterocycles. The lowest BCUT2D eigenvalue weighted by Gasteiger charge is -2.26. The number of hydrogen-bond acceptors (Lipinski definition) is 2. The fraction of sp³-hybridized carbons (Fsp3) is 0.462. The molecule has 0 saturated carbocycles. The van der Waals surface area contributed by atoms with Gasteiger partial charge in [-0.1, -0.05) is 28.1 Å². The van der Waals surface area contributed by atoms with Crippen molar-refractivity contribution in [3.8, 4) is 0 Å². The highest BCUT2D eigenvalue weighted by molar-refractivity contribution is 9.10. The van der Waals surface area contributed by atoms with E-state index in [2.05, 4.69) is 34.1 Å². The van der Waals surface area contributed by atoms with Crippen molar-refractivity contribution < 1.29 is 9.53 Å². The second-order valence-corrected chi connectivity index (χ2v) is 5.21. The maximum absolute atomic E-state index is 10.5. The van der Waals surface area contributed by atoms with Crippen molar-refractivity contribution in [2.75, 3.05) is 6.61 Å². The molecule has 17 heavy (non-hydrogen) atoms. The molecule has 0 aliphatic heterocycles. The summed E-state index contributed by atoms with van der Waals surface area (Å²) in [5.74, 6) is 0.482. The van der Waals surface area contributed by atoms with E-state index in [0.717, 1.165) is 19.3 Å². The fourth-order valence-corrected chi connectivity index (χ4v) is 3.08. The van der Waals surface area contributed by atoms with E-state index in [1.165, 1.54) is 22.0 Å². The van der Waals surface area contributed by atoms with E-state index in [0.29, 0.717) is 12.5 Å². The quantitative estimate of drug-likeness (QED) is 0.930. The highest BCUT2D eigenvalue weighted by atomic mass is 79.9. The number of ether oxygens (including phenoxy) is 1. The molecule has 0 fully saturated rings. The third-order valence-electron chi connectivity index (χ3n) is 3.28. The zero-order valence-electron chi connectivity index (χ0n) is 9.62. The van der Waals surface area contributed by atoms with Crippen molar-refractivity contribution >= 4 is 22.0 Å². The highest BCUT2D eigenvalue weighted by Gasteiger charge is 2.21. The van der Waals surface area contributed by atoms with Gasteiger partial charge in [-0.3, -0.25) is 0 Å². The zero-order chi connectivity index (χ0) is 12.3. The van der Waals surface area contributed by atoms with Crippen LogP contribution < -0.4 is 5.73 Å². The Balaban J connectivity index is 2.07. The largest absolute Gasteiger partial charge is 0.450 e. The average Bonchev–Trinajstić information content (AvgIpc) is 2.30. The van der Waals surface area contributed by atoms with Crippen LogP contribution in [0.15, 0.2) is 22.7 Å². The van der Waals surface area contributed by atoms with Crippen LogP contribution in [0.2, 0.25) is 0 Å². The van der Waals surface area contributed by atoms with Crippen LogP contribution in [-0.2, 0) is 11.2 Å². The van der Waals surface area contributed by atoms with Gasteiger partial charge >= 0.3 is 6.09 Å². The van der Waals surface area contributed by atoms with Crippen LogP contribution in [-0.4, -0.2) is 12.7 Å². The summed E-state index contributed by atoms with van der Waals surface area (Å²) in [7, 11) is 0. The molecule has 1 aromatic carbocycles. The van der Waals surface area contributed by atoms with Crippen LogP contribution in [0.4, 0.5) is 4.79 Å². The molecule has 0 saturated heterocycles. The van der Waals surface area contributed by atoms with E-state index >= 15 is 0 Å². The molecule has 1 unspecified atom stereocenters. The monoisotopic (exact) mass is 297 g/mol. The maximum atomic E-state index is 10.5. The smallest absolute Gasteiger partial charge is 0.404 e. The molecule has 0 spiro atoms. The average molecular weight is 298 g/mol. The maximum Gasteiger partial charge on any atom is 0.404 e.